The molecule has 7 heteroatoms. The molecule has 1 atom stereocenters. The van der Waals surface area contributed by atoms with Crippen LogP contribution < -0.4 is 10.2 Å². The Hall–Kier alpha value is -1.44. The van der Waals surface area contributed by atoms with Crippen molar-refractivity contribution in [1.82, 2.24) is 14.9 Å². The molecule has 3 heterocycles. The maximum absolute atomic E-state index is 9.07. The van der Waals surface area contributed by atoms with Crippen LogP contribution in [0, 0.1) is 0 Å². The van der Waals surface area contributed by atoms with Crippen molar-refractivity contribution in [2.24, 2.45) is 0 Å². The molecule has 2 aliphatic heterocycles. The van der Waals surface area contributed by atoms with Crippen molar-refractivity contribution in [3.63, 3.8) is 0 Å². The molecule has 2 N–H and O–H groups in total. The number of nitrogens with one attached hydrogen (secondary N) is 1. The van der Waals surface area contributed by atoms with E-state index in [9.17, 15) is 0 Å². The van der Waals surface area contributed by atoms with Crippen LogP contribution >= 0.6 is 0 Å². The van der Waals surface area contributed by atoms with Crippen molar-refractivity contribution < 1.29 is 9.84 Å². The van der Waals surface area contributed by atoms with Crippen LogP contribution in [0.2, 0.25) is 0 Å². The van der Waals surface area contributed by atoms with Gasteiger partial charge in [-0.15, -0.1) is 0 Å². The molecular weight excluding hydrogens is 306 g/mol. The fourth-order valence-electron chi connectivity index (χ4n) is 3.27. The number of hydrogen-bond donors (Lipinski definition) is 2. The van der Waals surface area contributed by atoms with Crippen molar-refractivity contribution >= 4 is 11.8 Å². The number of ether oxygens (including phenoxy) is 1. The van der Waals surface area contributed by atoms with E-state index >= 15 is 0 Å². The second kappa shape index (κ2) is 7.21. The zero-order valence-electron chi connectivity index (χ0n) is 15.0. The summed E-state index contributed by atoms with van der Waals surface area (Å²) in [7, 11) is 2.17. The lowest BCUT2D eigenvalue weighted by molar-refractivity contribution is 0.138. The minimum Gasteiger partial charge on any atom is -0.395 e. The Morgan fingerprint density at radius 1 is 1.38 bits per heavy atom. The Morgan fingerprint density at radius 3 is 2.88 bits per heavy atom. The van der Waals surface area contributed by atoms with Crippen LogP contribution in [0.3, 0.4) is 0 Å². The SMILES string of the molecule is CN1CCN(c2cc(C3CCOC3)nc(NCCO)n2)CC1(C)C. The molecule has 0 bridgehead atoms. The second-order valence-electron chi connectivity index (χ2n) is 7.34. The predicted octanol–water partition coefficient (Wildman–Crippen LogP) is 0.915. The van der Waals surface area contributed by atoms with Gasteiger partial charge in [0.25, 0.3) is 0 Å². The zero-order valence-corrected chi connectivity index (χ0v) is 15.0. The van der Waals surface area contributed by atoms with E-state index in [2.05, 4.69) is 52.0 Å². The van der Waals surface area contributed by atoms with Gasteiger partial charge in [0.05, 0.1) is 18.9 Å². The quantitative estimate of drug-likeness (QED) is 0.829. The van der Waals surface area contributed by atoms with E-state index in [1.165, 1.54) is 0 Å². The topological polar surface area (TPSA) is 73.8 Å². The maximum atomic E-state index is 9.07. The van der Waals surface area contributed by atoms with Gasteiger partial charge in [-0.25, -0.2) is 4.98 Å². The summed E-state index contributed by atoms with van der Waals surface area (Å²) in [4.78, 5) is 14.1. The fourth-order valence-corrected chi connectivity index (χ4v) is 3.27. The molecule has 134 valence electrons. The molecule has 0 aromatic carbocycles. The first-order valence-electron chi connectivity index (χ1n) is 8.77. The summed E-state index contributed by atoms with van der Waals surface area (Å²) in [5.41, 5.74) is 1.15. The highest BCUT2D eigenvalue weighted by Gasteiger charge is 2.32. The normalized spacial score (nSPS) is 24.3. The van der Waals surface area contributed by atoms with E-state index < -0.39 is 0 Å². The number of likely N-dealkylation sites (N-methyl/N-ethyl adjacent to an activating group) is 1. The number of hydrogen-bond acceptors (Lipinski definition) is 7. The molecule has 1 aromatic heterocycles. The Labute approximate surface area is 144 Å². The largest absolute Gasteiger partial charge is 0.395 e. The highest BCUT2D eigenvalue weighted by Crippen LogP contribution is 2.29. The van der Waals surface area contributed by atoms with Gasteiger partial charge in [-0.3, -0.25) is 4.90 Å². The van der Waals surface area contributed by atoms with Gasteiger partial charge in [0.2, 0.25) is 5.95 Å². The molecule has 24 heavy (non-hydrogen) atoms. The van der Waals surface area contributed by atoms with Gasteiger partial charge in [-0.2, -0.15) is 4.98 Å². The number of rotatable bonds is 5. The lowest BCUT2D eigenvalue weighted by Gasteiger charge is -2.45. The smallest absolute Gasteiger partial charge is 0.224 e. The van der Waals surface area contributed by atoms with E-state index in [0.717, 1.165) is 50.8 Å². The first-order valence-corrected chi connectivity index (χ1v) is 8.77. The van der Waals surface area contributed by atoms with Crippen LogP contribution in [0.25, 0.3) is 0 Å². The molecule has 0 aliphatic carbocycles. The number of piperazine rings is 1. The lowest BCUT2D eigenvalue weighted by atomic mass is 9.99. The van der Waals surface area contributed by atoms with Crippen LogP contribution in [-0.2, 0) is 4.74 Å². The summed E-state index contributed by atoms with van der Waals surface area (Å²) < 4.78 is 5.52. The molecule has 0 saturated carbocycles. The zero-order chi connectivity index (χ0) is 17.2. The average Bonchev–Trinajstić information content (AvgIpc) is 3.09. The number of aromatic nitrogens is 2. The third-order valence-electron chi connectivity index (χ3n) is 5.12. The summed E-state index contributed by atoms with van der Waals surface area (Å²) in [6, 6.07) is 2.12. The van der Waals surface area contributed by atoms with E-state index in [1.54, 1.807) is 0 Å². The Morgan fingerprint density at radius 2 is 2.21 bits per heavy atom. The highest BCUT2D eigenvalue weighted by atomic mass is 16.5. The first-order chi connectivity index (χ1) is 11.5. The summed E-state index contributed by atoms with van der Waals surface area (Å²) in [5, 5.41) is 12.2. The standard InChI is InChI=1S/C17H29N5O2/c1-17(2)12-22(7-6-21(17)3)15-10-14(13-4-9-24-11-13)19-16(20-15)18-5-8-23/h10,13,23H,4-9,11-12H2,1-3H3,(H,18,19,20). The molecule has 2 fully saturated rings. The van der Waals surface area contributed by atoms with E-state index in [0.29, 0.717) is 18.4 Å². The van der Waals surface area contributed by atoms with Crippen molar-refractivity contribution in [1.29, 1.82) is 0 Å². The van der Waals surface area contributed by atoms with E-state index in [-0.39, 0.29) is 12.1 Å². The summed E-state index contributed by atoms with van der Waals surface area (Å²) >= 11 is 0. The number of aliphatic hydroxyl groups is 1. The molecule has 3 rings (SSSR count). The molecular formula is C17H29N5O2. The third-order valence-corrected chi connectivity index (χ3v) is 5.12. The Balaban J connectivity index is 1.86. The molecule has 1 aromatic rings. The number of aliphatic hydroxyl groups excluding tert-OH is 1. The van der Waals surface area contributed by atoms with Crippen molar-refractivity contribution in [2.45, 2.75) is 31.7 Å². The van der Waals surface area contributed by atoms with Crippen LogP contribution in [0.1, 0.15) is 31.9 Å². The van der Waals surface area contributed by atoms with Crippen molar-refractivity contribution in [3.05, 3.63) is 11.8 Å². The molecule has 1 unspecified atom stereocenters. The summed E-state index contributed by atoms with van der Waals surface area (Å²) in [6.07, 6.45) is 1.00. The molecule has 7 nitrogen and oxygen atoms in total. The van der Waals surface area contributed by atoms with Crippen LogP contribution in [-0.4, -0.2) is 78.6 Å². The summed E-state index contributed by atoms with van der Waals surface area (Å²) in [6.45, 7) is 9.47. The Bertz CT molecular complexity index is 560. The minimum absolute atomic E-state index is 0.0665. The molecule has 0 spiro atoms. The second-order valence-corrected chi connectivity index (χ2v) is 7.34. The molecule has 2 saturated heterocycles. The van der Waals surface area contributed by atoms with Crippen molar-refractivity contribution in [3.8, 4) is 0 Å². The Kier molecular flexibility index (Phi) is 5.22. The predicted molar refractivity (Wildman–Crippen MR) is 94.7 cm³/mol. The van der Waals surface area contributed by atoms with Gasteiger partial charge in [0.1, 0.15) is 5.82 Å². The van der Waals surface area contributed by atoms with Crippen LogP contribution in [0.4, 0.5) is 11.8 Å². The number of nitrogens with zero attached hydrogens (tertiary/aromatic N) is 4. The third kappa shape index (κ3) is 3.79. The molecule has 0 radical (unpaired) electrons. The first kappa shape index (κ1) is 17.4. The lowest BCUT2D eigenvalue weighted by Crippen LogP contribution is -2.58. The van der Waals surface area contributed by atoms with Crippen LogP contribution in [0.15, 0.2) is 6.07 Å². The van der Waals surface area contributed by atoms with Gasteiger partial charge < -0.3 is 20.1 Å². The maximum Gasteiger partial charge on any atom is 0.224 e. The molecule has 0 amide bonds. The van der Waals surface area contributed by atoms with Gasteiger partial charge in [-0.1, -0.05) is 0 Å². The fraction of sp³-hybridized carbons (Fsp3) is 0.765. The monoisotopic (exact) mass is 335 g/mol. The van der Waals surface area contributed by atoms with E-state index in [4.69, 9.17) is 9.84 Å². The van der Waals surface area contributed by atoms with Gasteiger partial charge in [0.15, 0.2) is 0 Å². The minimum atomic E-state index is 0.0665. The van der Waals surface area contributed by atoms with Gasteiger partial charge in [0, 0.05) is 50.3 Å². The summed E-state index contributed by atoms with van der Waals surface area (Å²) in [5.74, 6) is 1.90. The van der Waals surface area contributed by atoms with E-state index in [1.807, 2.05) is 0 Å². The van der Waals surface area contributed by atoms with Crippen molar-refractivity contribution in [2.75, 3.05) is 63.3 Å². The van der Waals surface area contributed by atoms with Crippen LogP contribution in [0.5, 0.6) is 0 Å². The molecule has 2 aliphatic rings. The number of anilines is 2. The van der Waals surface area contributed by atoms with Gasteiger partial charge in [-0.05, 0) is 27.3 Å². The average molecular weight is 335 g/mol. The highest BCUT2D eigenvalue weighted by molar-refractivity contribution is 5.47. The van der Waals surface area contributed by atoms with Gasteiger partial charge >= 0.3 is 0 Å².